The van der Waals surface area contributed by atoms with Crippen LogP contribution in [0.5, 0.6) is 0 Å². The molecule has 3 rings (SSSR count). The summed E-state index contributed by atoms with van der Waals surface area (Å²) < 4.78 is 0. The van der Waals surface area contributed by atoms with Gasteiger partial charge in [-0.15, -0.1) is 0 Å². The summed E-state index contributed by atoms with van der Waals surface area (Å²) in [4.78, 5) is 0. The third-order valence-electron chi connectivity index (χ3n) is 7.63. The predicted octanol–water partition coefficient (Wildman–Crippen LogP) is 4.94. The van der Waals surface area contributed by atoms with Gasteiger partial charge in [0.15, 0.2) is 0 Å². The molecule has 0 aliphatic heterocycles. The Morgan fingerprint density at radius 2 is 1.06 bits per heavy atom. The fourth-order valence-electron chi connectivity index (χ4n) is 5.66. The fraction of sp³-hybridized carbons (Fsp3) is 0.533. The first kappa shape index (κ1) is 26.6. The lowest BCUT2D eigenvalue weighted by atomic mass is 9.71. The molecule has 4 nitrogen and oxygen atoms in total. The highest BCUT2D eigenvalue weighted by Gasteiger charge is 2.29. The van der Waals surface area contributed by atoms with Gasteiger partial charge in [-0.05, 0) is 85.8 Å². The number of hydrogen-bond acceptors (Lipinski definition) is 4. The van der Waals surface area contributed by atoms with Gasteiger partial charge in [-0.3, -0.25) is 0 Å². The zero-order valence-electron chi connectivity index (χ0n) is 20.5. The van der Waals surface area contributed by atoms with Crippen molar-refractivity contribution >= 4 is 0 Å². The van der Waals surface area contributed by atoms with Gasteiger partial charge in [0, 0.05) is 32.3 Å². The highest BCUT2D eigenvalue weighted by Crippen LogP contribution is 2.41. The molecule has 1 aliphatic rings. The Bertz CT molecular complexity index is 846. The van der Waals surface area contributed by atoms with Crippen LogP contribution in [0.1, 0.15) is 72.6 Å². The van der Waals surface area contributed by atoms with E-state index in [1.807, 2.05) is 0 Å². The summed E-state index contributed by atoms with van der Waals surface area (Å²) in [6.45, 7) is 2.71. The largest absolute Gasteiger partial charge is 0.396 e. The summed E-state index contributed by atoms with van der Waals surface area (Å²) in [5, 5.41) is 37.7. The van der Waals surface area contributed by atoms with Crippen molar-refractivity contribution in [3.05, 3.63) is 82.9 Å². The van der Waals surface area contributed by atoms with Crippen LogP contribution in [0, 0.1) is 24.7 Å². The van der Waals surface area contributed by atoms with Crippen molar-refractivity contribution in [1.29, 1.82) is 0 Å². The smallest absolute Gasteiger partial charge is 0.0436 e. The van der Waals surface area contributed by atoms with Crippen LogP contribution in [0.25, 0.3) is 0 Å². The first-order chi connectivity index (χ1) is 16.6. The number of allylic oxidation sites excluding steroid dienone is 2. The van der Waals surface area contributed by atoms with Crippen molar-refractivity contribution in [1.82, 2.24) is 0 Å². The molecule has 0 radical (unpaired) electrons. The van der Waals surface area contributed by atoms with Crippen molar-refractivity contribution in [2.24, 2.45) is 17.8 Å². The van der Waals surface area contributed by atoms with Crippen LogP contribution in [0.2, 0.25) is 0 Å². The highest BCUT2D eigenvalue weighted by molar-refractivity contribution is 5.38. The minimum atomic E-state index is 0.125. The molecule has 0 saturated heterocycles. The Morgan fingerprint density at radius 1 is 0.618 bits per heavy atom. The Labute approximate surface area is 205 Å². The predicted molar refractivity (Wildman–Crippen MR) is 138 cm³/mol. The lowest BCUT2D eigenvalue weighted by Crippen LogP contribution is -2.23. The monoisotopic (exact) mass is 466 g/mol. The molecule has 4 heteroatoms. The van der Waals surface area contributed by atoms with E-state index in [-0.39, 0.29) is 38.3 Å². The SMILES string of the molecule is Cc1ccc(C(c2ccc(C(CCO)CCO)cc2)C2C=CC(C(CCO)CCO)CC2)cc1. The summed E-state index contributed by atoms with van der Waals surface area (Å²) in [7, 11) is 0. The van der Waals surface area contributed by atoms with Crippen molar-refractivity contribution in [2.75, 3.05) is 26.4 Å². The van der Waals surface area contributed by atoms with E-state index in [1.165, 1.54) is 22.3 Å². The van der Waals surface area contributed by atoms with Gasteiger partial charge in [-0.25, -0.2) is 0 Å². The maximum Gasteiger partial charge on any atom is 0.0436 e. The van der Waals surface area contributed by atoms with Crippen LogP contribution in [0.4, 0.5) is 0 Å². The van der Waals surface area contributed by atoms with Crippen LogP contribution in [0.3, 0.4) is 0 Å². The van der Waals surface area contributed by atoms with E-state index >= 15 is 0 Å². The number of benzene rings is 2. The van der Waals surface area contributed by atoms with Crippen LogP contribution in [-0.2, 0) is 0 Å². The topological polar surface area (TPSA) is 80.9 Å². The first-order valence-electron chi connectivity index (χ1n) is 12.9. The molecule has 0 aromatic heterocycles. The Balaban J connectivity index is 1.87. The third-order valence-corrected chi connectivity index (χ3v) is 7.63. The summed E-state index contributed by atoms with van der Waals surface area (Å²) in [5.74, 6) is 1.57. The second-order valence-electron chi connectivity index (χ2n) is 9.85. The second kappa shape index (κ2) is 13.8. The van der Waals surface area contributed by atoms with E-state index < -0.39 is 0 Å². The number of aliphatic hydroxyl groups is 4. The maximum absolute atomic E-state index is 9.45. The second-order valence-corrected chi connectivity index (χ2v) is 9.85. The summed E-state index contributed by atoms with van der Waals surface area (Å²) in [5.41, 5.74) is 5.03. The van der Waals surface area contributed by atoms with E-state index in [0.717, 1.165) is 25.7 Å². The third kappa shape index (κ3) is 7.02. The molecule has 2 aromatic rings. The van der Waals surface area contributed by atoms with Gasteiger partial charge in [-0.2, -0.15) is 0 Å². The van der Waals surface area contributed by atoms with Gasteiger partial charge in [0.25, 0.3) is 0 Å². The van der Waals surface area contributed by atoms with E-state index in [9.17, 15) is 20.4 Å². The van der Waals surface area contributed by atoms with Gasteiger partial charge in [0.1, 0.15) is 0 Å². The molecule has 0 amide bonds. The molecular weight excluding hydrogens is 424 g/mol. The zero-order valence-corrected chi connectivity index (χ0v) is 20.5. The van der Waals surface area contributed by atoms with Gasteiger partial charge in [-0.1, -0.05) is 66.2 Å². The molecule has 0 heterocycles. The lowest BCUT2D eigenvalue weighted by Gasteiger charge is -2.33. The molecule has 0 saturated carbocycles. The van der Waals surface area contributed by atoms with Crippen molar-refractivity contribution < 1.29 is 20.4 Å². The van der Waals surface area contributed by atoms with Crippen LogP contribution >= 0.6 is 0 Å². The quantitative estimate of drug-likeness (QED) is 0.315. The molecular formula is C30H42O4. The van der Waals surface area contributed by atoms with E-state index in [1.54, 1.807) is 0 Å². The molecule has 3 atom stereocenters. The molecule has 2 aromatic carbocycles. The minimum Gasteiger partial charge on any atom is -0.396 e. The normalized spacial score (nSPS) is 19.1. The van der Waals surface area contributed by atoms with Crippen molar-refractivity contribution in [3.8, 4) is 0 Å². The van der Waals surface area contributed by atoms with Crippen molar-refractivity contribution in [2.45, 2.75) is 57.3 Å². The molecule has 186 valence electrons. The van der Waals surface area contributed by atoms with Crippen molar-refractivity contribution in [3.63, 3.8) is 0 Å². The average molecular weight is 467 g/mol. The molecule has 34 heavy (non-hydrogen) atoms. The molecule has 3 unspecified atom stereocenters. The van der Waals surface area contributed by atoms with E-state index in [2.05, 4.69) is 67.6 Å². The number of hydrogen-bond donors (Lipinski definition) is 4. The number of rotatable bonds is 13. The van der Waals surface area contributed by atoms with Crippen LogP contribution in [0.15, 0.2) is 60.7 Å². The van der Waals surface area contributed by atoms with Gasteiger partial charge >= 0.3 is 0 Å². The highest BCUT2D eigenvalue weighted by atomic mass is 16.3. The number of aryl methyl sites for hydroxylation is 1. The first-order valence-corrected chi connectivity index (χ1v) is 12.9. The summed E-state index contributed by atoms with van der Waals surface area (Å²) >= 11 is 0. The molecule has 4 N–H and O–H groups in total. The standard InChI is InChI=1S/C30H42O4/c1-22-2-4-27(5-3-22)30(28-10-6-23(7-11-28)25(14-18-31)15-19-32)29-12-8-24(9-13-29)26(16-20-33)17-21-34/h2-8,10-12,24-26,29-34H,9,13-21H2,1H3. The fourth-order valence-corrected chi connectivity index (χ4v) is 5.66. The van der Waals surface area contributed by atoms with E-state index in [0.29, 0.717) is 30.6 Å². The molecule has 0 fully saturated rings. The molecule has 0 bridgehead atoms. The average Bonchev–Trinajstić information content (AvgIpc) is 2.86. The van der Waals surface area contributed by atoms with E-state index in [4.69, 9.17) is 0 Å². The Hall–Kier alpha value is -1.98. The van der Waals surface area contributed by atoms with Gasteiger partial charge < -0.3 is 20.4 Å². The molecule has 1 aliphatic carbocycles. The minimum absolute atomic E-state index is 0.125. The lowest BCUT2D eigenvalue weighted by molar-refractivity contribution is 0.181. The van der Waals surface area contributed by atoms with Crippen LogP contribution < -0.4 is 0 Å². The maximum atomic E-state index is 9.45. The van der Waals surface area contributed by atoms with Gasteiger partial charge in [0.2, 0.25) is 0 Å². The summed E-state index contributed by atoms with van der Waals surface area (Å²) in [6.07, 6.45) is 9.66. The molecule has 0 spiro atoms. The van der Waals surface area contributed by atoms with Crippen LogP contribution in [-0.4, -0.2) is 46.9 Å². The zero-order chi connectivity index (χ0) is 24.3. The number of aliphatic hydroxyl groups excluding tert-OH is 4. The Kier molecular flexibility index (Phi) is 10.8. The van der Waals surface area contributed by atoms with Gasteiger partial charge in [0.05, 0.1) is 0 Å². The Morgan fingerprint density at radius 3 is 1.53 bits per heavy atom. The summed E-state index contributed by atoms with van der Waals surface area (Å²) in [6, 6.07) is 17.6.